The number of nitrogens with zero attached hydrogens (tertiary/aromatic N) is 5. The first-order chi connectivity index (χ1) is 13.0. The van der Waals surface area contributed by atoms with Crippen LogP contribution in [0.2, 0.25) is 0 Å². The molecule has 27 heavy (non-hydrogen) atoms. The minimum atomic E-state index is -0.626. The van der Waals surface area contributed by atoms with Crippen LogP contribution in [0.25, 0.3) is 0 Å². The zero-order chi connectivity index (χ0) is 19.2. The SMILES string of the molecule is Cc1nnnn1[C@H](Cc1ccc(F)cc1)C(=O)NCCCN1CCCC1=O. The van der Waals surface area contributed by atoms with Gasteiger partial charge in [-0.1, -0.05) is 12.1 Å². The van der Waals surface area contributed by atoms with Crippen LogP contribution in [0, 0.1) is 12.7 Å². The van der Waals surface area contributed by atoms with Gasteiger partial charge in [0.25, 0.3) is 0 Å². The number of hydrogen-bond acceptors (Lipinski definition) is 5. The number of carbonyl (C=O) groups is 2. The molecule has 1 aliphatic rings. The Hall–Kier alpha value is -2.84. The van der Waals surface area contributed by atoms with Crippen molar-refractivity contribution < 1.29 is 14.0 Å². The lowest BCUT2D eigenvalue weighted by atomic mass is 10.1. The molecular weight excluding hydrogens is 351 g/mol. The largest absolute Gasteiger partial charge is 0.354 e. The number of rotatable bonds is 8. The van der Waals surface area contributed by atoms with Crippen molar-refractivity contribution in [1.82, 2.24) is 30.4 Å². The van der Waals surface area contributed by atoms with Crippen molar-refractivity contribution in [3.63, 3.8) is 0 Å². The molecule has 0 spiro atoms. The monoisotopic (exact) mass is 374 g/mol. The molecule has 3 rings (SSSR count). The van der Waals surface area contributed by atoms with Crippen LogP contribution in [0.4, 0.5) is 4.39 Å². The number of amides is 2. The second-order valence-corrected chi connectivity index (χ2v) is 6.65. The predicted octanol–water partition coefficient (Wildman–Crippen LogP) is 1.03. The maximum atomic E-state index is 13.1. The van der Waals surface area contributed by atoms with Crippen molar-refractivity contribution in [3.05, 3.63) is 41.5 Å². The zero-order valence-corrected chi connectivity index (χ0v) is 15.3. The number of likely N-dealkylation sites (tertiary alicyclic amines) is 1. The van der Waals surface area contributed by atoms with Crippen molar-refractivity contribution in [2.75, 3.05) is 19.6 Å². The highest BCUT2D eigenvalue weighted by atomic mass is 19.1. The molecule has 0 unspecified atom stereocenters. The van der Waals surface area contributed by atoms with Crippen LogP contribution < -0.4 is 5.32 Å². The standard InChI is InChI=1S/C18H23FN6O2/c1-13-21-22-23-25(13)16(12-14-5-7-15(19)8-6-14)18(27)20-9-3-11-24-10-2-4-17(24)26/h5-8,16H,2-4,9-12H2,1H3,(H,20,27)/t16-/m1/s1. The third-order valence-electron chi connectivity index (χ3n) is 4.67. The molecule has 1 aliphatic heterocycles. The number of carbonyl (C=O) groups excluding carboxylic acids is 2. The van der Waals surface area contributed by atoms with E-state index in [-0.39, 0.29) is 17.6 Å². The van der Waals surface area contributed by atoms with E-state index in [0.29, 0.717) is 38.2 Å². The molecule has 1 aromatic heterocycles. The van der Waals surface area contributed by atoms with Gasteiger partial charge in [-0.2, -0.15) is 0 Å². The molecule has 2 aromatic rings. The van der Waals surface area contributed by atoms with Crippen LogP contribution in [0.5, 0.6) is 0 Å². The number of hydrogen-bond donors (Lipinski definition) is 1. The summed E-state index contributed by atoms with van der Waals surface area (Å²) in [6.07, 6.45) is 2.56. The average molecular weight is 374 g/mol. The molecule has 2 amide bonds. The van der Waals surface area contributed by atoms with E-state index in [4.69, 9.17) is 0 Å². The predicted molar refractivity (Wildman–Crippen MR) is 95.1 cm³/mol. The summed E-state index contributed by atoms with van der Waals surface area (Å²) in [7, 11) is 0. The maximum Gasteiger partial charge on any atom is 0.245 e. The van der Waals surface area contributed by atoms with E-state index < -0.39 is 6.04 Å². The molecule has 1 N–H and O–H groups in total. The number of halogens is 1. The van der Waals surface area contributed by atoms with Gasteiger partial charge in [0.2, 0.25) is 11.8 Å². The van der Waals surface area contributed by atoms with Crippen LogP contribution in [0.3, 0.4) is 0 Å². The van der Waals surface area contributed by atoms with Gasteiger partial charge in [-0.3, -0.25) is 9.59 Å². The van der Waals surface area contributed by atoms with E-state index in [1.165, 1.54) is 16.8 Å². The Kier molecular flexibility index (Phi) is 6.10. The van der Waals surface area contributed by atoms with E-state index in [9.17, 15) is 14.0 Å². The summed E-state index contributed by atoms with van der Waals surface area (Å²) in [6.45, 7) is 3.63. The molecule has 0 aliphatic carbocycles. The number of nitrogens with one attached hydrogen (secondary N) is 1. The van der Waals surface area contributed by atoms with E-state index >= 15 is 0 Å². The Balaban J connectivity index is 1.59. The van der Waals surface area contributed by atoms with Crippen molar-refractivity contribution in [1.29, 1.82) is 0 Å². The summed E-state index contributed by atoms with van der Waals surface area (Å²) < 4.78 is 14.6. The van der Waals surface area contributed by atoms with Gasteiger partial charge in [-0.15, -0.1) is 5.10 Å². The molecule has 1 saturated heterocycles. The highest BCUT2D eigenvalue weighted by Crippen LogP contribution is 2.16. The van der Waals surface area contributed by atoms with Crippen LogP contribution in [-0.2, 0) is 16.0 Å². The van der Waals surface area contributed by atoms with E-state index in [1.54, 1.807) is 19.1 Å². The molecular formula is C18H23FN6O2. The van der Waals surface area contributed by atoms with E-state index in [1.807, 2.05) is 4.90 Å². The maximum absolute atomic E-state index is 13.1. The van der Waals surface area contributed by atoms with E-state index in [2.05, 4.69) is 20.8 Å². The normalized spacial score (nSPS) is 15.2. The van der Waals surface area contributed by atoms with Crippen molar-refractivity contribution in [2.24, 2.45) is 0 Å². The summed E-state index contributed by atoms with van der Waals surface area (Å²) in [4.78, 5) is 26.2. The Labute approximate surface area is 156 Å². The molecule has 1 fully saturated rings. The lowest BCUT2D eigenvalue weighted by molar-refractivity contribution is -0.127. The van der Waals surface area contributed by atoms with Gasteiger partial charge in [0, 0.05) is 32.5 Å². The third-order valence-corrected chi connectivity index (χ3v) is 4.67. The van der Waals surface area contributed by atoms with Gasteiger partial charge < -0.3 is 10.2 Å². The van der Waals surface area contributed by atoms with Crippen LogP contribution in [-0.4, -0.2) is 56.6 Å². The van der Waals surface area contributed by atoms with Gasteiger partial charge in [0.1, 0.15) is 17.7 Å². The Morgan fingerprint density at radius 1 is 1.33 bits per heavy atom. The van der Waals surface area contributed by atoms with Gasteiger partial charge >= 0.3 is 0 Å². The molecule has 144 valence electrons. The number of aryl methyl sites for hydroxylation is 1. The van der Waals surface area contributed by atoms with Crippen LogP contribution in [0.1, 0.15) is 36.7 Å². The molecule has 2 heterocycles. The molecule has 1 atom stereocenters. The average Bonchev–Trinajstić information content (AvgIpc) is 3.26. The van der Waals surface area contributed by atoms with Crippen molar-refractivity contribution >= 4 is 11.8 Å². The molecule has 0 bridgehead atoms. The summed E-state index contributed by atoms with van der Waals surface area (Å²) in [5, 5.41) is 14.3. The summed E-state index contributed by atoms with van der Waals surface area (Å²) in [5.74, 6) is 0.178. The minimum Gasteiger partial charge on any atom is -0.354 e. The minimum absolute atomic E-state index is 0.180. The Morgan fingerprint density at radius 2 is 2.11 bits per heavy atom. The lowest BCUT2D eigenvalue weighted by Crippen LogP contribution is -2.37. The first kappa shape index (κ1) is 18.9. The molecule has 9 heteroatoms. The third kappa shape index (κ3) is 4.87. The molecule has 1 aromatic carbocycles. The fourth-order valence-corrected chi connectivity index (χ4v) is 3.20. The topological polar surface area (TPSA) is 93.0 Å². The second-order valence-electron chi connectivity index (χ2n) is 6.65. The molecule has 0 radical (unpaired) electrons. The summed E-state index contributed by atoms with van der Waals surface area (Å²) in [6, 6.07) is 5.40. The Bertz CT molecular complexity index is 791. The summed E-state index contributed by atoms with van der Waals surface area (Å²) in [5.41, 5.74) is 0.814. The van der Waals surface area contributed by atoms with Crippen LogP contribution in [0.15, 0.2) is 24.3 Å². The smallest absolute Gasteiger partial charge is 0.245 e. The van der Waals surface area contributed by atoms with Gasteiger partial charge in [0.05, 0.1) is 0 Å². The fourth-order valence-electron chi connectivity index (χ4n) is 3.20. The van der Waals surface area contributed by atoms with Gasteiger partial charge in [-0.25, -0.2) is 9.07 Å². The van der Waals surface area contributed by atoms with E-state index in [0.717, 1.165) is 18.5 Å². The fraction of sp³-hybridized carbons (Fsp3) is 0.500. The highest BCUT2D eigenvalue weighted by Gasteiger charge is 2.24. The first-order valence-electron chi connectivity index (χ1n) is 9.09. The van der Waals surface area contributed by atoms with Crippen molar-refractivity contribution in [2.45, 2.75) is 38.6 Å². The molecule has 8 nitrogen and oxygen atoms in total. The second kappa shape index (κ2) is 8.70. The highest BCUT2D eigenvalue weighted by molar-refractivity contribution is 5.80. The Morgan fingerprint density at radius 3 is 2.74 bits per heavy atom. The lowest BCUT2D eigenvalue weighted by Gasteiger charge is -2.19. The quantitative estimate of drug-likeness (QED) is 0.697. The number of aromatic nitrogens is 4. The zero-order valence-electron chi connectivity index (χ0n) is 15.3. The van der Waals surface area contributed by atoms with Crippen molar-refractivity contribution in [3.8, 4) is 0 Å². The molecule has 0 saturated carbocycles. The number of benzene rings is 1. The van der Waals surface area contributed by atoms with Crippen LogP contribution >= 0.6 is 0 Å². The summed E-state index contributed by atoms with van der Waals surface area (Å²) >= 11 is 0. The van der Waals surface area contributed by atoms with Gasteiger partial charge in [0.15, 0.2) is 0 Å². The number of tetrazole rings is 1. The van der Waals surface area contributed by atoms with Gasteiger partial charge in [-0.05, 0) is 47.9 Å². The first-order valence-corrected chi connectivity index (χ1v) is 9.09.